The molecule has 4 atom stereocenters. The summed E-state index contributed by atoms with van der Waals surface area (Å²) in [7, 11) is 0. The van der Waals surface area contributed by atoms with Crippen molar-refractivity contribution in [3.8, 4) is 0 Å². The second kappa shape index (κ2) is 6.99. The maximum Gasteiger partial charge on any atom is 0.0690 e. The third kappa shape index (κ3) is 2.86. The van der Waals surface area contributed by atoms with Gasteiger partial charge in [-0.05, 0) is 64.6 Å². The number of likely N-dealkylation sites (tertiary alicyclic amines) is 1. The van der Waals surface area contributed by atoms with Crippen molar-refractivity contribution in [2.24, 2.45) is 11.3 Å². The molecular formula is C19H34N2O2. The lowest BCUT2D eigenvalue weighted by Gasteiger charge is -2.57. The number of ether oxygens (including phenoxy) is 1. The van der Waals surface area contributed by atoms with E-state index in [0.29, 0.717) is 24.2 Å². The lowest BCUT2D eigenvalue weighted by atomic mass is 9.54. The molecule has 0 amide bonds. The van der Waals surface area contributed by atoms with Crippen LogP contribution in [0.1, 0.15) is 57.8 Å². The molecule has 1 spiro atoms. The highest BCUT2D eigenvalue weighted by atomic mass is 16.5. The van der Waals surface area contributed by atoms with Gasteiger partial charge in [0.25, 0.3) is 0 Å². The van der Waals surface area contributed by atoms with Crippen molar-refractivity contribution in [1.82, 2.24) is 10.2 Å². The summed E-state index contributed by atoms with van der Waals surface area (Å²) < 4.78 is 6.07. The van der Waals surface area contributed by atoms with Crippen LogP contribution in [-0.4, -0.2) is 61.0 Å². The van der Waals surface area contributed by atoms with Crippen LogP contribution in [0.5, 0.6) is 0 Å². The minimum atomic E-state index is 0.339. The van der Waals surface area contributed by atoms with Gasteiger partial charge in [0.2, 0.25) is 0 Å². The lowest BCUT2D eigenvalue weighted by molar-refractivity contribution is -0.130. The first kappa shape index (κ1) is 16.3. The zero-order valence-electron chi connectivity index (χ0n) is 14.5. The number of aliphatic hydroxyl groups is 1. The third-order valence-electron chi connectivity index (χ3n) is 7.23. The van der Waals surface area contributed by atoms with Gasteiger partial charge in [0.15, 0.2) is 0 Å². The summed E-state index contributed by atoms with van der Waals surface area (Å²) in [4.78, 5) is 2.49. The summed E-state index contributed by atoms with van der Waals surface area (Å²) in [6, 6.07) is 1.17. The van der Waals surface area contributed by atoms with E-state index in [1.54, 1.807) is 0 Å². The maximum absolute atomic E-state index is 9.39. The summed E-state index contributed by atoms with van der Waals surface area (Å²) in [5.41, 5.74) is 0.498. The van der Waals surface area contributed by atoms with Crippen molar-refractivity contribution in [2.75, 3.05) is 32.8 Å². The molecule has 2 aliphatic heterocycles. The van der Waals surface area contributed by atoms with Gasteiger partial charge in [-0.2, -0.15) is 0 Å². The van der Waals surface area contributed by atoms with Crippen LogP contribution in [0.15, 0.2) is 0 Å². The number of hydrogen-bond acceptors (Lipinski definition) is 4. The van der Waals surface area contributed by atoms with Crippen LogP contribution in [0.3, 0.4) is 0 Å². The summed E-state index contributed by atoms with van der Waals surface area (Å²) in [6.45, 7) is 4.84. The van der Waals surface area contributed by atoms with Gasteiger partial charge < -0.3 is 15.2 Å². The van der Waals surface area contributed by atoms with Crippen molar-refractivity contribution in [2.45, 2.75) is 76.0 Å². The molecule has 0 bridgehead atoms. The first-order chi connectivity index (χ1) is 11.3. The molecule has 4 aliphatic rings. The first-order valence-electron chi connectivity index (χ1n) is 10.0. The zero-order chi connectivity index (χ0) is 15.7. The molecule has 4 nitrogen and oxygen atoms in total. The molecule has 2 aliphatic carbocycles. The zero-order valence-corrected chi connectivity index (χ0v) is 14.5. The number of aliphatic hydroxyl groups excluding tert-OH is 1. The number of hydrogen-bond donors (Lipinski definition) is 2. The van der Waals surface area contributed by atoms with Crippen LogP contribution < -0.4 is 5.32 Å². The van der Waals surface area contributed by atoms with E-state index in [0.717, 1.165) is 31.7 Å². The lowest BCUT2D eigenvalue weighted by Crippen LogP contribution is -2.67. The Labute approximate surface area is 141 Å². The van der Waals surface area contributed by atoms with E-state index in [4.69, 9.17) is 4.74 Å². The van der Waals surface area contributed by atoms with Crippen LogP contribution >= 0.6 is 0 Å². The quantitative estimate of drug-likeness (QED) is 0.705. The Kier molecular flexibility index (Phi) is 4.96. The van der Waals surface area contributed by atoms with Gasteiger partial charge in [0.1, 0.15) is 0 Å². The van der Waals surface area contributed by atoms with Crippen molar-refractivity contribution in [1.29, 1.82) is 0 Å². The second-order valence-corrected chi connectivity index (χ2v) is 8.34. The molecule has 4 heteroatoms. The Balaban J connectivity index is 1.19. The largest absolute Gasteiger partial charge is 0.395 e. The van der Waals surface area contributed by atoms with Crippen molar-refractivity contribution in [3.05, 3.63) is 0 Å². The average molecular weight is 322 g/mol. The van der Waals surface area contributed by atoms with E-state index in [1.165, 1.54) is 64.3 Å². The molecule has 2 N–H and O–H groups in total. The van der Waals surface area contributed by atoms with Crippen molar-refractivity contribution < 1.29 is 9.84 Å². The van der Waals surface area contributed by atoms with E-state index in [9.17, 15) is 5.11 Å². The van der Waals surface area contributed by atoms with Gasteiger partial charge in [-0.3, -0.25) is 4.90 Å². The molecule has 4 fully saturated rings. The Bertz CT molecular complexity index is 397. The Morgan fingerprint density at radius 3 is 2.83 bits per heavy atom. The molecule has 2 heterocycles. The van der Waals surface area contributed by atoms with Gasteiger partial charge in [-0.25, -0.2) is 0 Å². The van der Waals surface area contributed by atoms with Crippen LogP contribution in [0.2, 0.25) is 0 Å². The predicted molar refractivity (Wildman–Crippen MR) is 91.5 cm³/mol. The Hall–Kier alpha value is -0.160. The minimum Gasteiger partial charge on any atom is -0.395 e. The van der Waals surface area contributed by atoms with E-state index in [-0.39, 0.29) is 0 Å². The first-order valence-corrected chi connectivity index (χ1v) is 10.0. The standard InChI is InChI=1S/C19H34N2O2/c22-14-15-6-5-12-21(15)11-4-3-10-20-17-16-7-13-23-18(16)19(17)8-1-2-9-19/h15-18,20,22H,1-14H2. The van der Waals surface area contributed by atoms with Crippen molar-refractivity contribution >= 4 is 0 Å². The highest BCUT2D eigenvalue weighted by Crippen LogP contribution is 2.60. The average Bonchev–Trinajstić information content (AvgIpc) is 3.29. The van der Waals surface area contributed by atoms with Gasteiger partial charge in [-0.15, -0.1) is 0 Å². The second-order valence-electron chi connectivity index (χ2n) is 8.34. The molecule has 4 rings (SSSR count). The van der Waals surface area contributed by atoms with Gasteiger partial charge in [0.05, 0.1) is 12.7 Å². The van der Waals surface area contributed by atoms with E-state index >= 15 is 0 Å². The number of unbranched alkanes of at least 4 members (excludes halogenated alkanes) is 1. The van der Waals surface area contributed by atoms with E-state index < -0.39 is 0 Å². The smallest absolute Gasteiger partial charge is 0.0690 e. The molecular weight excluding hydrogens is 288 g/mol. The molecule has 0 aromatic carbocycles. The van der Waals surface area contributed by atoms with Crippen LogP contribution in [0.4, 0.5) is 0 Å². The molecule has 0 aromatic rings. The molecule has 132 valence electrons. The molecule has 2 saturated heterocycles. The molecule has 2 saturated carbocycles. The fourth-order valence-electron chi connectivity index (χ4n) is 6.10. The van der Waals surface area contributed by atoms with Gasteiger partial charge in [-0.1, -0.05) is 12.8 Å². The fraction of sp³-hybridized carbons (Fsp3) is 1.00. The number of nitrogens with one attached hydrogen (secondary N) is 1. The summed E-state index contributed by atoms with van der Waals surface area (Å²) in [5.74, 6) is 0.797. The monoisotopic (exact) mass is 322 g/mol. The molecule has 23 heavy (non-hydrogen) atoms. The summed E-state index contributed by atoms with van der Waals surface area (Å²) >= 11 is 0. The van der Waals surface area contributed by atoms with E-state index in [1.807, 2.05) is 0 Å². The van der Waals surface area contributed by atoms with Gasteiger partial charge in [0, 0.05) is 30.0 Å². The highest BCUT2D eigenvalue weighted by Gasteiger charge is 2.64. The number of nitrogens with zero attached hydrogens (tertiary/aromatic N) is 1. The third-order valence-corrected chi connectivity index (χ3v) is 7.23. The summed E-state index contributed by atoms with van der Waals surface area (Å²) in [5, 5.41) is 13.3. The topological polar surface area (TPSA) is 44.7 Å². The Morgan fingerprint density at radius 1 is 1.13 bits per heavy atom. The summed E-state index contributed by atoms with van der Waals surface area (Å²) in [6.07, 6.45) is 12.4. The fourth-order valence-corrected chi connectivity index (χ4v) is 6.10. The molecule has 4 unspecified atom stereocenters. The van der Waals surface area contributed by atoms with Crippen LogP contribution in [0, 0.1) is 11.3 Å². The number of fused-ring (bicyclic) bond motifs is 2. The highest BCUT2D eigenvalue weighted by molar-refractivity contribution is 5.16. The SMILES string of the molecule is OCC1CCCN1CCCCNC1C2CCOC2C12CCCC2. The van der Waals surface area contributed by atoms with Gasteiger partial charge >= 0.3 is 0 Å². The maximum atomic E-state index is 9.39. The van der Waals surface area contributed by atoms with Crippen LogP contribution in [0.25, 0.3) is 0 Å². The normalized spacial score (nSPS) is 39.0. The van der Waals surface area contributed by atoms with Crippen LogP contribution in [-0.2, 0) is 4.74 Å². The van der Waals surface area contributed by atoms with Crippen molar-refractivity contribution in [3.63, 3.8) is 0 Å². The van der Waals surface area contributed by atoms with E-state index in [2.05, 4.69) is 10.2 Å². The molecule has 0 radical (unpaired) electrons. The predicted octanol–water partition coefficient (Wildman–Crippen LogP) is 2.16. The minimum absolute atomic E-state index is 0.339. The molecule has 0 aromatic heterocycles. The number of rotatable bonds is 7. The Morgan fingerprint density at radius 2 is 2.00 bits per heavy atom.